The molecule has 3 aromatic rings. The highest BCUT2D eigenvalue weighted by atomic mass is 35.5. The fourth-order valence-corrected chi connectivity index (χ4v) is 4.67. The summed E-state index contributed by atoms with van der Waals surface area (Å²) in [6.07, 6.45) is 4.73. The van der Waals surface area contributed by atoms with Crippen molar-refractivity contribution in [1.29, 1.82) is 0 Å². The molecule has 0 bridgehead atoms. The second-order valence-electron chi connectivity index (χ2n) is 8.14. The van der Waals surface area contributed by atoms with Gasteiger partial charge in [0.1, 0.15) is 11.6 Å². The fraction of sp³-hybridized carbons (Fsp3) is 0.333. The Labute approximate surface area is 186 Å². The van der Waals surface area contributed by atoms with Crippen LogP contribution in [0.4, 0.5) is 5.82 Å². The SMILES string of the molecule is O=C(Nc1ccnn1C1CCN(Cc2ccc3c(c2)CCO3)CC1)c1ccccc1Cl. The number of hydrogen-bond donors (Lipinski definition) is 1. The lowest BCUT2D eigenvalue weighted by Crippen LogP contribution is -2.35. The van der Waals surface area contributed by atoms with E-state index in [1.807, 2.05) is 22.9 Å². The summed E-state index contributed by atoms with van der Waals surface area (Å²) in [4.78, 5) is 15.1. The maximum absolute atomic E-state index is 12.6. The summed E-state index contributed by atoms with van der Waals surface area (Å²) in [5.74, 6) is 1.53. The number of hydrogen-bond acceptors (Lipinski definition) is 4. The van der Waals surface area contributed by atoms with Gasteiger partial charge in [-0.15, -0.1) is 0 Å². The van der Waals surface area contributed by atoms with E-state index in [1.165, 1.54) is 11.1 Å². The van der Waals surface area contributed by atoms with Crippen LogP contribution < -0.4 is 10.1 Å². The molecule has 1 aromatic heterocycles. The lowest BCUT2D eigenvalue weighted by atomic mass is 10.0. The lowest BCUT2D eigenvalue weighted by molar-refractivity contribution is 0.102. The number of fused-ring (bicyclic) bond motifs is 1. The zero-order valence-electron chi connectivity index (χ0n) is 17.3. The summed E-state index contributed by atoms with van der Waals surface area (Å²) in [7, 11) is 0. The van der Waals surface area contributed by atoms with Crippen LogP contribution in [0.2, 0.25) is 5.02 Å². The van der Waals surface area contributed by atoms with Crippen molar-refractivity contribution in [3.05, 3.63) is 76.4 Å². The molecule has 5 rings (SSSR count). The van der Waals surface area contributed by atoms with E-state index in [4.69, 9.17) is 16.3 Å². The van der Waals surface area contributed by atoms with Crippen molar-refractivity contribution in [1.82, 2.24) is 14.7 Å². The largest absolute Gasteiger partial charge is 0.493 e. The third kappa shape index (κ3) is 4.31. The Morgan fingerprint density at radius 3 is 2.84 bits per heavy atom. The van der Waals surface area contributed by atoms with Gasteiger partial charge in [0, 0.05) is 32.1 Å². The van der Waals surface area contributed by atoms with Gasteiger partial charge in [0.2, 0.25) is 0 Å². The van der Waals surface area contributed by atoms with Crippen LogP contribution >= 0.6 is 11.6 Å². The number of carbonyl (C=O) groups is 1. The van der Waals surface area contributed by atoms with Crippen LogP contribution in [0.15, 0.2) is 54.7 Å². The maximum Gasteiger partial charge on any atom is 0.258 e. The van der Waals surface area contributed by atoms with Crippen molar-refractivity contribution in [2.24, 2.45) is 0 Å². The molecule has 2 aliphatic heterocycles. The molecule has 160 valence electrons. The van der Waals surface area contributed by atoms with E-state index < -0.39 is 0 Å². The number of amides is 1. The number of halogens is 1. The molecule has 0 aliphatic carbocycles. The number of ether oxygens (including phenoxy) is 1. The Balaban J connectivity index is 1.20. The van der Waals surface area contributed by atoms with Crippen LogP contribution in [0.25, 0.3) is 0 Å². The second-order valence-corrected chi connectivity index (χ2v) is 8.55. The number of piperidine rings is 1. The van der Waals surface area contributed by atoms with E-state index in [0.29, 0.717) is 16.4 Å². The molecule has 0 unspecified atom stereocenters. The summed E-state index contributed by atoms with van der Waals surface area (Å²) in [5.41, 5.74) is 3.13. The summed E-state index contributed by atoms with van der Waals surface area (Å²) in [5, 5.41) is 7.91. The molecule has 0 spiro atoms. The molecule has 0 atom stereocenters. The Morgan fingerprint density at radius 2 is 2.00 bits per heavy atom. The molecular weight excluding hydrogens is 412 g/mol. The normalized spacial score (nSPS) is 16.7. The van der Waals surface area contributed by atoms with E-state index in [0.717, 1.165) is 51.3 Å². The summed E-state index contributed by atoms with van der Waals surface area (Å²) in [6, 6.07) is 15.7. The number of benzene rings is 2. The third-order valence-corrected chi connectivity index (χ3v) is 6.42. The Bertz CT molecular complexity index is 1090. The van der Waals surface area contributed by atoms with Crippen LogP contribution in [-0.2, 0) is 13.0 Å². The quantitative estimate of drug-likeness (QED) is 0.637. The number of likely N-dealkylation sites (tertiary alicyclic amines) is 1. The molecule has 1 saturated heterocycles. The van der Waals surface area contributed by atoms with Gasteiger partial charge in [0.25, 0.3) is 5.91 Å². The minimum Gasteiger partial charge on any atom is -0.493 e. The van der Waals surface area contributed by atoms with Gasteiger partial charge in [0.15, 0.2) is 0 Å². The van der Waals surface area contributed by atoms with Gasteiger partial charge in [0.05, 0.1) is 29.4 Å². The number of carbonyl (C=O) groups excluding carboxylic acids is 1. The molecular formula is C24H25ClN4O2. The molecule has 0 saturated carbocycles. The Kier molecular flexibility index (Phi) is 5.66. The van der Waals surface area contributed by atoms with Crippen molar-refractivity contribution in [2.75, 3.05) is 25.0 Å². The second kappa shape index (κ2) is 8.73. The zero-order valence-corrected chi connectivity index (χ0v) is 18.0. The average Bonchev–Trinajstić information content (AvgIpc) is 3.44. The smallest absolute Gasteiger partial charge is 0.258 e. The predicted molar refractivity (Wildman–Crippen MR) is 121 cm³/mol. The molecule has 1 fully saturated rings. The topological polar surface area (TPSA) is 59.4 Å². The van der Waals surface area contributed by atoms with Crippen LogP contribution in [0.3, 0.4) is 0 Å². The molecule has 1 N–H and O–H groups in total. The van der Waals surface area contributed by atoms with Crippen LogP contribution in [-0.4, -0.2) is 40.3 Å². The van der Waals surface area contributed by atoms with Gasteiger partial charge in [-0.05, 0) is 42.2 Å². The van der Waals surface area contributed by atoms with Gasteiger partial charge < -0.3 is 10.1 Å². The number of aromatic nitrogens is 2. The molecule has 7 heteroatoms. The molecule has 3 heterocycles. The van der Waals surface area contributed by atoms with Gasteiger partial charge >= 0.3 is 0 Å². The fourth-order valence-electron chi connectivity index (χ4n) is 4.45. The van der Waals surface area contributed by atoms with Crippen molar-refractivity contribution >= 4 is 23.3 Å². The summed E-state index contributed by atoms with van der Waals surface area (Å²) in [6.45, 7) is 3.74. The molecule has 31 heavy (non-hydrogen) atoms. The van der Waals surface area contributed by atoms with Gasteiger partial charge in [-0.3, -0.25) is 9.69 Å². The van der Waals surface area contributed by atoms with E-state index in [2.05, 4.69) is 33.5 Å². The van der Waals surface area contributed by atoms with Crippen LogP contribution in [0.1, 0.15) is 40.4 Å². The first-order valence-electron chi connectivity index (χ1n) is 10.7. The summed E-state index contributed by atoms with van der Waals surface area (Å²) >= 11 is 6.17. The van der Waals surface area contributed by atoms with Crippen molar-refractivity contribution in [3.63, 3.8) is 0 Å². The van der Waals surface area contributed by atoms with Crippen LogP contribution in [0, 0.1) is 0 Å². The molecule has 2 aromatic carbocycles. The molecule has 2 aliphatic rings. The highest BCUT2D eigenvalue weighted by Gasteiger charge is 2.24. The number of nitrogens with one attached hydrogen (secondary N) is 1. The first-order valence-corrected chi connectivity index (χ1v) is 11.1. The predicted octanol–water partition coefficient (Wildman–Crippen LogP) is 4.56. The highest BCUT2D eigenvalue weighted by molar-refractivity contribution is 6.34. The Morgan fingerprint density at radius 1 is 1.16 bits per heavy atom. The van der Waals surface area contributed by atoms with Gasteiger partial charge in [-0.2, -0.15) is 5.10 Å². The number of rotatable bonds is 5. The Hall–Kier alpha value is -2.83. The monoisotopic (exact) mass is 436 g/mol. The number of nitrogens with zero attached hydrogens (tertiary/aromatic N) is 3. The zero-order chi connectivity index (χ0) is 21.2. The standard InChI is InChI=1S/C24H25ClN4O2/c25-21-4-2-1-3-20(21)24(30)27-23-7-11-26-29(23)19-8-12-28(13-9-19)16-17-5-6-22-18(15-17)10-14-31-22/h1-7,11,15,19H,8-10,12-14,16H2,(H,27,30). The van der Waals surface area contributed by atoms with Crippen molar-refractivity contribution < 1.29 is 9.53 Å². The van der Waals surface area contributed by atoms with E-state index in [9.17, 15) is 4.79 Å². The first kappa shape index (κ1) is 20.1. The van der Waals surface area contributed by atoms with Gasteiger partial charge in [-0.1, -0.05) is 35.9 Å². The van der Waals surface area contributed by atoms with Crippen LogP contribution in [0.5, 0.6) is 5.75 Å². The third-order valence-electron chi connectivity index (χ3n) is 6.09. The first-order chi connectivity index (χ1) is 15.2. The lowest BCUT2D eigenvalue weighted by Gasteiger charge is -2.32. The van der Waals surface area contributed by atoms with E-state index in [1.54, 1.807) is 18.3 Å². The summed E-state index contributed by atoms with van der Waals surface area (Å²) < 4.78 is 7.55. The average molecular weight is 437 g/mol. The minimum atomic E-state index is -0.217. The van der Waals surface area contributed by atoms with Crippen molar-refractivity contribution in [2.45, 2.75) is 31.8 Å². The minimum absolute atomic E-state index is 0.217. The molecule has 0 radical (unpaired) electrons. The highest BCUT2D eigenvalue weighted by Crippen LogP contribution is 2.29. The van der Waals surface area contributed by atoms with Gasteiger partial charge in [-0.25, -0.2) is 4.68 Å². The molecule has 6 nitrogen and oxygen atoms in total. The van der Waals surface area contributed by atoms with Crippen molar-refractivity contribution in [3.8, 4) is 5.75 Å². The number of anilines is 1. The van der Waals surface area contributed by atoms with E-state index >= 15 is 0 Å². The molecule has 1 amide bonds. The van der Waals surface area contributed by atoms with E-state index in [-0.39, 0.29) is 11.9 Å². The maximum atomic E-state index is 12.6.